The zero-order valence-electron chi connectivity index (χ0n) is 12.9. The zero-order chi connectivity index (χ0) is 15.2. The molecule has 0 bridgehead atoms. The van der Waals surface area contributed by atoms with Gasteiger partial charge in [-0.3, -0.25) is 4.79 Å². The number of piperidine rings is 1. The van der Waals surface area contributed by atoms with Crippen molar-refractivity contribution in [2.75, 3.05) is 25.0 Å². The molecule has 1 aliphatic heterocycles. The van der Waals surface area contributed by atoms with Gasteiger partial charge in [-0.1, -0.05) is 20.3 Å². The Morgan fingerprint density at radius 2 is 2.14 bits per heavy atom. The van der Waals surface area contributed by atoms with E-state index in [-0.39, 0.29) is 5.91 Å². The van der Waals surface area contributed by atoms with Crippen LogP contribution in [0.3, 0.4) is 0 Å². The number of halogens is 1. The molecule has 0 aliphatic carbocycles. The summed E-state index contributed by atoms with van der Waals surface area (Å²) in [5, 5.41) is 3.25. The molecule has 0 spiro atoms. The van der Waals surface area contributed by atoms with Crippen LogP contribution in [0, 0.1) is 5.92 Å². The summed E-state index contributed by atoms with van der Waals surface area (Å²) in [4.78, 5) is 19.1. The third-order valence-corrected chi connectivity index (χ3v) is 4.54. The van der Waals surface area contributed by atoms with Crippen LogP contribution in [0.2, 0.25) is 0 Å². The summed E-state index contributed by atoms with van der Waals surface area (Å²) in [5.41, 5.74) is 0.674. The van der Waals surface area contributed by atoms with Crippen molar-refractivity contribution in [2.24, 2.45) is 5.92 Å². The minimum absolute atomic E-state index is 0.0944. The van der Waals surface area contributed by atoms with Gasteiger partial charge in [0.25, 0.3) is 5.91 Å². The molecular weight excluding hydrogens is 330 g/mol. The average Bonchev–Trinajstić information content (AvgIpc) is 2.53. The summed E-state index contributed by atoms with van der Waals surface area (Å²) in [6.45, 7) is 6.87. The van der Waals surface area contributed by atoms with E-state index in [1.165, 1.54) is 6.42 Å². The van der Waals surface area contributed by atoms with Crippen LogP contribution >= 0.6 is 15.9 Å². The molecule has 5 heteroatoms. The number of hydrogen-bond acceptors (Lipinski definition) is 3. The lowest BCUT2D eigenvalue weighted by Crippen LogP contribution is -2.38. The Morgan fingerprint density at radius 3 is 2.76 bits per heavy atom. The fraction of sp³-hybridized carbons (Fsp3) is 0.625. The van der Waals surface area contributed by atoms with Crippen molar-refractivity contribution < 1.29 is 4.79 Å². The van der Waals surface area contributed by atoms with Gasteiger partial charge >= 0.3 is 0 Å². The van der Waals surface area contributed by atoms with Gasteiger partial charge in [0.1, 0.15) is 5.82 Å². The minimum Gasteiger partial charge on any atom is -0.369 e. The van der Waals surface area contributed by atoms with E-state index in [4.69, 9.17) is 0 Å². The number of nitrogens with zero attached hydrogens (tertiary/aromatic N) is 2. The third kappa shape index (κ3) is 4.19. The Hall–Kier alpha value is -1.10. The van der Waals surface area contributed by atoms with E-state index in [1.54, 1.807) is 6.20 Å². The molecule has 2 rings (SSSR count). The predicted octanol–water partition coefficient (Wildman–Crippen LogP) is 3.93. The highest BCUT2D eigenvalue weighted by molar-refractivity contribution is 9.10. The van der Waals surface area contributed by atoms with Crippen molar-refractivity contribution in [1.82, 2.24) is 9.88 Å². The highest BCUT2D eigenvalue weighted by atomic mass is 79.9. The molecule has 1 aromatic heterocycles. The van der Waals surface area contributed by atoms with Gasteiger partial charge in [-0.25, -0.2) is 4.98 Å². The fourth-order valence-corrected chi connectivity index (χ4v) is 3.03. The van der Waals surface area contributed by atoms with Crippen LogP contribution in [0.4, 0.5) is 5.82 Å². The number of rotatable bonds is 5. The maximum absolute atomic E-state index is 12.8. The lowest BCUT2D eigenvalue weighted by atomic mass is 9.94. The van der Waals surface area contributed by atoms with E-state index >= 15 is 0 Å². The summed E-state index contributed by atoms with van der Waals surface area (Å²) in [6.07, 6.45) is 6.18. The standard InChI is InChI=1S/C16H24BrN3O/c1-3-7-18-15-14(10-13(17)11-19-15)16(21)20-8-5-12(4-2)6-9-20/h10-12H,3-9H2,1-2H3,(H,18,19). The smallest absolute Gasteiger partial charge is 0.257 e. The second-order valence-corrected chi connectivity index (χ2v) is 6.54. The maximum Gasteiger partial charge on any atom is 0.257 e. The molecule has 0 atom stereocenters. The first-order valence-corrected chi connectivity index (χ1v) is 8.63. The number of anilines is 1. The Labute approximate surface area is 135 Å². The lowest BCUT2D eigenvalue weighted by Gasteiger charge is -2.32. The Morgan fingerprint density at radius 1 is 1.43 bits per heavy atom. The second-order valence-electron chi connectivity index (χ2n) is 5.62. The first kappa shape index (κ1) is 16.3. The monoisotopic (exact) mass is 353 g/mol. The van der Waals surface area contributed by atoms with Crippen molar-refractivity contribution in [1.29, 1.82) is 0 Å². The van der Waals surface area contributed by atoms with Crippen LogP contribution < -0.4 is 5.32 Å². The molecule has 116 valence electrons. The fourth-order valence-electron chi connectivity index (χ4n) is 2.70. The molecule has 1 aliphatic rings. The van der Waals surface area contributed by atoms with Gasteiger partial charge < -0.3 is 10.2 Å². The molecule has 2 heterocycles. The van der Waals surface area contributed by atoms with E-state index in [0.29, 0.717) is 11.4 Å². The quantitative estimate of drug-likeness (QED) is 0.872. The van der Waals surface area contributed by atoms with Crippen LogP contribution in [-0.4, -0.2) is 35.4 Å². The van der Waals surface area contributed by atoms with Gasteiger partial charge in [0.15, 0.2) is 0 Å². The molecule has 4 nitrogen and oxygen atoms in total. The molecule has 1 saturated heterocycles. The van der Waals surface area contributed by atoms with Crippen LogP contribution in [0.1, 0.15) is 49.9 Å². The first-order valence-electron chi connectivity index (χ1n) is 7.84. The lowest BCUT2D eigenvalue weighted by molar-refractivity contribution is 0.0689. The second kappa shape index (κ2) is 7.78. The van der Waals surface area contributed by atoms with Gasteiger partial charge in [-0.2, -0.15) is 0 Å². The van der Waals surface area contributed by atoms with Crippen molar-refractivity contribution in [3.05, 3.63) is 22.3 Å². The summed E-state index contributed by atoms with van der Waals surface area (Å²) < 4.78 is 0.844. The molecular formula is C16H24BrN3O. The summed E-state index contributed by atoms with van der Waals surface area (Å²) in [5.74, 6) is 1.56. The first-order chi connectivity index (χ1) is 10.2. The topological polar surface area (TPSA) is 45.2 Å². The number of likely N-dealkylation sites (tertiary alicyclic amines) is 1. The molecule has 1 N–H and O–H groups in total. The number of hydrogen-bond donors (Lipinski definition) is 1. The average molecular weight is 354 g/mol. The normalized spacial score (nSPS) is 16.0. The summed E-state index contributed by atoms with van der Waals surface area (Å²) in [6, 6.07) is 1.87. The SMILES string of the molecule is CCCNc1ncc(Br)cc1C(=O)N1CCC(CC)CC1. The van der Waals surface area contributed by atoms with Crippen LogP contribution in [0.25, 0.3) is 0 Å². The van der Waals surface area contributed by atoms with E-state index < -0.39 is 0 Å². The number of aromatic nitrogens is 1. The van der Waals surface area contributed by atoms with Crippen molar-refractivity contribution >= 4 is 27.7 Å². The van der Waals surface area contributed by atoms with Crippen molar-refractivity contribution in [2.45, 2.75) is 39.5 Å². The van der Waals surface area contributed by atoms with Gasteiger partial charge in [0.05, 0.1) is 5.56 Å². The molecule has 0 unspecified atom stereocenters. The molecule has 1 fully saturated rings. The molecule has 21 heavy (non-hydrogen) atoms. The van der Waals surface area contributed by atoms with Crippen LogP contribution in [0.5, 0.6) is 0 Å². The van der Waals surface area contributed by atoms with Gasteiger partial charge in [-0.05, 0) is 47.2 Å². The highest BCUT2D eigenvalue weighted by Crippen LogP contribution is 2.24. The van der Waals surface area contributed by atoms with Crippen molar-refractivity contribution in [3.63, 3.8) is 0 Å². The third-order valence-electron chi connectivity index (χ3n) is 4.11. The molecule has 0 saturated carbocycles. The zero-order valence-corrected chi connectivity index (χ0v) is 14.4. The number of carbonyl (C=O) groups is 1. The predicted molar refractivity (Wildman–Crippen MR) is 89.6 cm³/mol. The number of pyridine rings is 1. The Balaban J connectivity index is 2.12. The highest BCUT2D eigenvalue weighted by Gasteiger charge is 2.24. The summed E-state index contributed by atoms with van der Waals surface area (Å²) in [7, 11) is 0. The largest absolute Gasteiger partial charge is 0.369 e. The van der Waals surface area contributed by atoms with E-state index in [0.717, 1.165) is 49.3 Å². The van der Waals surface area contributed by atoms with E-state index in [2.05, 4.69) is 40.1 Å². The maximum atomic E-state index is 12.8. The molecule has 0 radical (unpaired) electrons. The van der Waals surface area contributed by atoms with E-state index in [1.807, 2.05) is 11.0 Å². The van der Waals surface area contributed by atoms with Crippen molar-refractivity contribution in [3.8, 4) is 0 Å². The van der Waals surface area contributed by atoms with E-state index in [9.17, 15) is 4.79 Å². The number of nitrogens with one attached hydrogen (secondary N) is 1. The van der Waals surface area contributed by atoms with Crippen LogP contribution in [0.15, 0.2) is 16.7 Å². The summed E-state index contributed by atoms with van der Waals surface area (Å²) >= 11 is 3.42. The molecule has 1 amide bonds. The Kier molecular flexibility index (Phi) is 6.03. The van der Waals surface area contributed by atoms with Gasteiger partial charge in [-0.15, -0.1) is 0 Å². The van der Waals surface area contributed by atoms with Gasteiger partial charge in [0.2, 0.25) is 0 Å². The van der Waals surface area contributed by atoms with Gasteiger partial charge in [0, 0.05) is 30.3 Å². The molecule has 1 aromatic rings. The minimum atomic E-state index is 0.0944. The van der Waals surface area contributed by atoms with Crippen LogP contribution in [-0.2, 0) is 0 Å². The number of carbonyl (C=O) groups excluding carboxylic acids is 1. The Bertz CT molecular complexity index is 484. The molecule has 0 aromatic carbocycles. The number of amides is 1.